The Morgan fingerprint density at radius 3 is 2.63 bits per heavy atom. The van der Waals surface area contributed by atoms with E-state index in [0.29, 0.717) is 5.92 Å². The number of nitro groups is 1. The molecule has 0 saturated heterocycles. The molecule has 19 heavy (non-hydrogen) atoms. The maximum absolute atomic E-state index is 13.9. The molecule has 0 atom stereocenters. The van der Waals surface area contributed by atoms with Gasteiger partial charge in [0, 0.05) is 18.2 Å². The van der Waals surface area contributed by atoms with Crippen LogP contribution in [0.3, 0.4) is 0 Å². The van der Waals surface area contributed by atoms with Crippen LogP contribution in [-0.4, -0.2) is 16.9 Å². The van der Waals surface area contributed by atoms with Gasteiger partial charge in [-0.15, -0.1) is 0 Å². The lowest BCUT2D eigenvalue weighted by Gasteiger charge is -2.33. The number of nitrogens with one attached hydrogen (secondary N) is 1. The fraction of sp³-hybridized carbons (Fsp3) is 0.462. The molecular weight excluding hydrogens is 251 g/mol. The number of nitrogens with zero attached hydrogens (tertiary/aromatic N) is 1. The molecule has 1 amide bonds. The molecule has 0 bridgehead atoms. The highest BCUT2D eigenvalue weighted by atomic mass is 19.1. The molecule has 0 aromatic heterocycles. The Morgan fingerprint density at radius 1 is 1.47 bits per heavy atom. The lowest BCUT2D eigenvalue weighted by Crippen LogP contribution is -2.43. The molecule has 102 valence electrons. The SMILES string of the molecule is Cc1cc([N+](=O)[O-])cc(C(=O)NC2CC(C)C2)c1F. The molecule has 1 aliphatic carbocycles. The normalized spacial score (nSPS) is 21.6. The van der Waals surface area contributed by atoms with Crippen molar-refractivity contribution < 1.29 is 14.1 Å². The number of aryl methyl sites for hydroxylation is 1. The number of non-ortho nitro benzene ring substituents is 1. The van der Waals surface area contributed by atoms with Crippen LogP contribution in [0, 0.1) is 28.8 Å². The van der Waals surface area contributed by atoms with Crippen molar-refractivity contribution in [3.05, 3.63) is 39.2 Å². The van der Waals surface area contributed by atoms with Gasteiger partial charge >= 0.3 is 0 Å². The van der Waals surface area contributed by atoms with Gasteiger partial charge in [-0.1, -0.05) is 6.92 Å². The van der Waals surface area contributed by atoms with Crippen LogP contribution in [0.5, 0.6) is 0 Å². The molecule has 0 spiro atoms. The zero-order valence-electron chi connectivity index (χ0n) is 10.8. The van der Waals surface area contributed by atoms with Gasteiger partial charge in [-0.25, -0.2) is 4.39 Å². The minimum absolute atomic E-state index is 0.0430. The largest absolute Gasteiger partial charge is 0.349 e. The quantitative estimate of drug-likeness (QED) is 0.675. The molecule has 2 rings (SSSR count). The van der Waals surface area contributed by atoms with Crippen molar-refractivity contribution >= 4 is 11.6 Å². The van der Waals surface area contributed by atoms with Crippen LogP contribution >= 0.6 is 0 Å². The van der Waals surface area contributed by atoms with E-state index in [1.54, 1.807) is 0 Å². The van der Waals surface area contributed by atoms with Crippen LogP contribution in [0.15, 0.2) is 12.1 Å². The van der Waals surface area contributed by atoms with Crippen molar-refractivity contribution in [3.8, 4) is 0 Å². The van der Waals surface area contributed by atoms with Gasteiger partial charge in [0.15, 0.2) is 0 Å². The van der Waals surface area contributed by atoms with Gasteiger partial charge in [-0.2, -0.15) is 0 Å². The zero-order chi connectivity index (χ0) is 14.2. The van der Waals surface area contributed by atoms with E-state index in [1.807, 2.05) is 0 Å². The summed E-state index contributed by atoms with van der Waals surface area (Å²) >= 11 is 0. The number of benzene rings is 1. The van der Waals surface area contributed by atoms with Gasteiger partial charge in [0.2, 0.25) is 0 Å². The van der Waals surface area contributed by atoms with E-state index in [1.165, 1.54) is 6.92 Å². The summed E-state index contributed by atoms with van der Waals surface area (Å²) in [5, 5.41) is 13.4. The van der Waals surface area contributed by atoms with Gasteiger partial charge in [0.25, 0.3) is 11.6 Å². The van der Waals surface area contributed by atoms with Crippen molar-refractivity contribution in [2.45, 2.75) is 32.7 Å². The number of carbonyl (C=O) groups excluding carboxylic acids is 1. The first-order chi connectivity index (χ1) is 8.88. The van der Waals surface area contributed by atoms with Crippen LogP contribution in [0.2, 0.25) is 0 Å². The molecule has 1 aromatic carbocycles. The summed E-state index contributed by atoms with van der Waals surface area (Å²) in [6.45, 7) is 3.48. The molecule has 1 N–H and O–H groups in total. The summed E-state index contributed by atoms with van der Waals surface area (Å²) in [6.07, 6.45) is 1.72. The van der Waals surface area contributed by atoms with Crippen molar-refractivity contribution in [1.29, 1.82) is 0 Å². The highest BCUT2D eigenvalue weighted by molar-refractivity contribution is 5.95. The lowest BCUT2D eigenvalue weighted by molar-refractivity contribution is -0.385. The van der Waals surface area contributed by atoms with E-state index < -0.39 is 16.6 Å². The Morgan fingerprint density at radius 2 is 2.11 bits per heavy atom. The molecule has 0 aliphatic heterocycles. The van der Waals surface area contributed by atoms with Gasteiger partial charge < -0.3 is 5.32 Å². The van der Waals surface area contributed by atoms with E-state index in [4.69, 9.17) is 0 Å². The maximum Gasteiger partial charge on any atom is 0.270 e. The van der Waals surface area contributed by atoms with Crippen LogP contribution in [0.25, 0.3) is 0 Å². The van der Waals surface area contributed by atoms with Crippen molar-refractivity contribution in [3.63, 3.8) is 0 Å². The van der Waals surface area contributed by atoms with Crippen LogP contribution < -0.4 is 5.32 Å². The molecular formula is C13H15FN2O3. The molecule has 1 aliphatic rings. The molecule has 6 heteroatoms. The molecule has 1 fully saturated rings. The average Bonchev–Trinajstić information content (AvgIpc) is 2.30. The Kier molecular flexibility index (Phi) is 3.50. The van der Waals surface area contributed by atoms with E-state index >= 15 is 0 Å². The second kappa shape index (κ2) is 4.95. The van der Waals surface area contributed by atoms with Gasteiger partial charge in [0.1, 0.15) is 5.82 Å². The second-order valence-corrected chi connectivity index (χ2v) is 5.13. The minimum Gasteiger partial charge on any atom is -0.349 e. The number of halogens is 1. The Hall–Kier alpha value is -1.98. The monoisotopic (exact) mass is 266 g/mol. The second-order valence-electron chi connectivity index (χ2n) is 5.13. The van der Waals surface area contributed by atoms with Crippen LogP contribution in [0.1, 0.15) is 35.7 Å². The van der Waals surface area contributed by atoms with E-state index in [9.17, 15) is 19.3 Å². The fourth-order valence-corrected chi connectivity index (χ4v) is 2.30. The summed E-state index contributed by atoms with van der Waals surface area (Å²) < 4.78 is 13.9. The fourth-order valence-electron chi connectivity index (χ4n) is 2.30. The molecule has 0 radical (unpaired) electrons. The molecule has 1 aromatic rings. The number of hydrogen-bond acceptors (Lipinski definition) is 3. The zero-order valence-corrected chi connectivity index (χ0v) is 10.8. The van der Waals surface area contributed by atoms with E-state index in [2.05, 4.69) is 12.2 Å². The number of nitro benzene ring substituents is 1. The van der Waals surface area contributed by atoms with Gasteiger partial charge in [-0.05, 0) is 31.2 Å². The summed E-state index contributed by atoms with van der Waals surface area (Å²) in [4.78, 5) is 22.0. The molecule has 1 saturated carbocycles. The summed E-state index contributed by atoms with van der Waals surface area (Å²) in [5.41, 5.74) is -0.432. The summed E-state index contributed by atoms with van der Waals surface area (Å²) in [6, 6.07) is 2.15. The van der Waals surface area contributed by atoms with Crippen molar-refractivity contribution in [2.24, 2.45) is 5.92 Å². The Bertz CT molecular complexity index is 539. The first-order valence-electron chi connectivity index (χ1n) is 6.14. The van der Waals surface area contributed by atoms with Crippen LogP contribution in [0.4, 0.5) is 10.1 Å². The summed E-state index contributed by atoms with van der Waals surface area (Å²) in [5.74, 6) is -0.723. The van der Waals surface area contributed by atoms with Crippen molar-refractivity contribution in [2.75, 3.05) is 0 Å². The highest BCUT2D eigenvalue weighted by Crippen LogP contribution is 2.27. The number of carbonyl (C=O) groups is 1. The smallest absolute Gasteiger partial charge is 0.270 e. The topological polar surface area (TPSA) is 72.2 Å². The predicted molar refractivity (Wildman–Crippen MR) is 67.4 cm³/mol. The average molecular weight is 266 g/mol. The standard InChI is InChI=1S/C13H15FN2O3/c1-7-3-9(4-7)15-13(17)11-6-10(16(18)19)5-8(2)12(11)14/h5-7,9H,3-4H2,1-2H3,(H,15,17). The highest BCUT2D eigenvalue weighted by Gasteiger charge is 2.28. The molecule has 5 nitrogen and oxygen atoms in total. The summed E-state index contributed by atoms with van der Waals surface area (Å²) in [7, 11) is 0. The number of amides is 1. The Balaban J connectivity index is 2.22. The van der Waals surface area contributed by atoms with Gasteiger partial charge in [-0.3, -0.25) is 14.9 Å². The lowest BCUT2D eigenvalue weighted by atomic mass is 9.82. The third-order valence-corrected chi connectivity index (χ3v) is 3.40. The molecule has 0 heterocycles. The van der Waals surface area contributed by atoms with Gasteiger partial charge in [0.05, 0.1) is 10.5 Å². The van der Waals surface area contributed by atoms with Crippen molar-refractivity contribution in [1.82, 2.24) is 5.32 Å². The third-order valence-electron chi connectivity index (χ3n) is 3.40. The Labute approximate surface area is 110 Å². The first kappa shape index (κ1) is 13.5. The number of hydrogen-bond donors (Lipinski definition) is 1. The third kappa shape index (κ3) is 2.72. The maximum atomic E-state index is 13.9. The van der Waals surface area contributed by atoms with E-state index in [-0.39, 0.29) is 22.9 Å². The van der Waals surface area contributed by atoms with Crippen LogP contribution in [-0.2, 0) is 0 Å². The van der Waals surface area contributed by atoms with E-state index in [0.717, 1.165) is 25.0 Å². The first-order valence-corrected chi connectivity index (χ1v) is 6.14. The predicted octanol–water partition coefficient (Wildman–Crippen LogP) is 2.57. The molecule has 0 unspecified atom stereocenters. The number of rotatable bonds is 3. The minimum atomic E-state index is -0.699.